The Morgan fingerprint density at radius 1 is 0.400 bits per heavy atom. The molecule has 7 aromatic carbocycles. The highest BCUT2D eigenvalue weighted by atomic mass is 15.2. The zero-order valence-corrected chi connectivity index (χ0v) is 24.3. The van der Waals surface area contributed by atoms with E-state index in [0.717, 1.165) is 33.2 Å². The Kier molecular flexibility index (Phi) is 5.00. The molecule has 0 saturated carbocycles. The Morgan fingerprint density at radius 2 is 1.02 bits per heavy atom. The number of fused-ring (bicyclic) bond motifs is 9. The highest BCUT2D eigenvalue weighted by Gasteiger charge is 2.24. The van der Waals surface area contributed by atoms with Crippen LogP contribution < -0.4 is 0 Å². The molecule has 0 aliphatic heterocycles. The van der Waals surface area contributed by atoms with Gasteiger partial charge in [-0.15, -0.1) is 0 Å². The first-order valence-electron chi connectivity index (χ1n) is 15.4. The molecule has 1 aliphatic carbocycles. The number of hydrogen-bond acceptors (Lipinski definition) is 2. The molecule has 0 N–H and O–H groups in total. The van der Waals surface area contributed by atoms with E-state index in [1.807, 2.05) is 6.07 Å². The van der Waals surface area contributed by atoms with Crippen LogP contribution in [0, 0.1) is 0 Å². The van der Waals surface area contributed by atoms with E-state index in [1.54, 1.807) is 0 Å². The minimum atomic E-state index is 0.673. The fraction of sp³-hybridized carbons (Fsp3) is 0. The lowest BCUT2D eigenvalue weighted by atomic mass is 9.92. The second-order valence-electron chi connectivity index (χ2n) is 11.8. The lowest BCUT2D eigenvalue weighted by molar-refractivity contribution is 1.01. The Bertz CT molecular complexity index is 2640. The van der Waals surface area contributed by atoms with E-state index in [0.29, 0.717) is 5.95 Å². The van der Waals surface area contributed by atoms with Crippen LogP contribution in [-0.4, -0.2) is 14.5 Å². The van der Waals surface area contributed by atoms with Crippen LogP contribution in [0.5, 0.6) is 0 Å². The topological polar surface area (TPSA) is 30.7 Å². The third-order valence-corrected chi connectivity index (χ3v) is 9.35. The molecule has 0 atom stereocenters. The molecule has 0 spiro atoms. The minimum absolute atomic E-state index is 0.673. The van der Waals surface area contributed by atoms with Gasteiger partial charge in [0.15, 0.2) is 0 Å². The van der Waals surface area contributed by atoms with Crippen molar-refractivity contribution < 1.29 is 0 Å². The quantitative estimate of drug-likeness (QED) is 0.207. The Balaban J connectivity index is 1.36. The van der Waals surface area contributed by atoms with Gasteiger partial charge in [0.2, 0.25) is 5.95 Å². The number of benzene rings is 7. The summed E-state index contributed by atoms with van der Waals surface area (Å²) >= 11 is 0. The predicted octanol–water partition coefficient (Wildman–Crippen LogP) is 10.9. The van der Waals surface area contributed by atoms with E-state index in [9.17, 15) is 0 Å². The first kappa shape index (κ1) is 24.4. The van der Waals surface area contributed by atoms with Crippen molar-refractivity contribution >= 4 is 43.5 Å². The Labute approximate surface area is 259 Å². The van der Waals surface area contributed by atoms with Crippen LogP contribution in [0.25, 0.3) is 94.1 Å². The summed E-state index contributed by atoms with van der Waals surface area (Å²) in [6.07, 6.45) is 0. The fourth-order valence-corrected chi connectivity index (χ4v) is 7.40. The van der Waals surface area contributed by atoms with Crippen molar-refractivity contribution in [3.63, 3.8) is 0 Å². The molecule has 0 fully saturated rings. The van der Waals surface area contributed by atoms with Crippen LogP contribution in [0.1, 0.15) is 0 Å². The first-order chi connectivity index (χ1) is 22.3. The lowest BCUT2D eigenvalue weighted by Gasteiger charge is -2.14. The number of nitrogens with zero attached hydrogens (tertiary/aromatic N) is 3. The van der Waals surface area contributed by atoms with Gasteiger partial charge in [0, 0.05) is 21.7 Å². The summed E-state index contributed by atoms with van der Waals surface area (Å²) in [5, 5.41) is 5.96. The highest BCUT2D eigenvalue weighted by molar-refractivity contribution is 6.18. The molecule has 9 aromatic rings. The van der Waals surface area contributed by atoms with E-state index in [4.69, 9.17) is 9.97 Å². The third kappa shape index (κ3) is 3.46. The van der Waals surface area contributed by atoms with Gasteiger partial charge in [-0.2, -0.15) is 0 Å². The molecule has 208 valence electrons. The van der Waals surface area contributed by atoms with Crippen LogP contribution in [0.3, 0.4) is 0 Å². The SMILES string of the molecule is c1ccc(-c2nc(-n3c4ccccc4c4cc5c(cc43)-c3cccc4cccc(c34)-c3ccccc3-5)nc3ccccc23)cc1. The molecular formula is C42H25N3. The number of para-hydroxylation sites is 2. The van der Waals surface area contributed by atoms with Crippen molar-refractivity contribution in [1.82, 2.24) is 14.5 Å². The monoisotopic (exact) mass is 571 g/mol. The summed E-state index contributed by atoms with van der Waals surface area (Å²) in [5.74, 6) is 0.673. The van der Waals surface area contributed by atoms with E-state index >= 15 is 0 Å². The normalized spacial score (nSPS) is 12.0. The van der Waals surface area contributed by atoms with Crippen LogP contribution in [0.2, 0.25) is 0 Å². The second kappa shape index (κ2) is 9.22. The summed E-state index contributed by atoms with van der Waals surface area (Å²) in [7, 11) is 0. The summed E-state index contributed by atoms with van der Waals surface area (Å²) in [4.78, 5) is 10.5. The van der Waals surface area contributed by atoms with Gasteiger partial charge in [-0.3, -0.25) is 4.57 Å². The standard InChI is InChI=1S/C42H25N3/c1-2-12-27(13-3-1)41-33-19-6-8-22-37(33)43-42(44-41)45-38-23-9-7-18-30(38)36-24-34-29-17-5-4-16-28(29)31-20-10-14-26-15-11-21-32(40(26)31)35(34)25-39(36)45/h1-25H. The maximum absolute atomic E-state index is 5.31. The Morgan fingerprint density at radius 3 is 1.84 bits per heavy atom. The lowest BCUT2D eigenvalue weighted by Crippen LogP contribution is -2.03. The molecule has 2 aromatic heterocycles. The number of rotatable bonds is 2. The summed E-state index contributed by atoms with van der Waals surface area (Å²) in [6, 6.07) is 54.3. The van der Waals surface area contributed by atoms with Crippen molar-refractivity contribution in [2.45, 2.75) is 0 Å². The molecule has 45 heavy (non-hydrogen) atoms. The predicted molar refractivity (Wildman–Crippen MR) is 187 cm³/mol. The van der Waals surface area contributed by atoms with Gasteiger partial charge in [-0.1, -0.05) is 127 Å². The van der Waals surface area contributed by atoms with E-state index < -0.39 is 0 Å². The fourth-order valence-electron chi connectivity index (χ4n) is 7.40. The van der Waals surface area contributed by atoms with Crippen molar-refractivity contribution in [3.8, 4) is 50.6 Å². The van der Waals surface area contributed by atoms with Crippen LogP contribution in [0.15, 0.2) is 152 Å². The minimum Gasteiger partial charge on any atom is -0.278 e. The molecule has 2 heterocycles. The van der Waals surface area contributed by atoms with Crippen molar-refractivity contribution in [1.29, 1.82) is 0 Å². The van der Waals surface area contributed by atoms with E-state index in [2.05, 4.69) is 150 Å². The number of aromatic nitrogens is 3. The second-order valence-corrected chi connectivity index (χ2v) is 11.8. The molecule has 3 nitrogen and oxygen atoms in total. The van der Waals surface area contributed by atoms with Gasteiger partial charge >= 0.3 is 0 Å². The van der Waals surface area contributed by atoms with E-state index in [1.165, 1.54) is 54.9 Å². The zero-order valence-electron chi connectivity index (χ0n) is 24.3. The average Bonchev–Trinajstić information content (AvgIpc) is 3.38. The molecule has 1 aliphatic rings. The van der Waals surface area contributed by atoms with Crippen LogP contribution in [0.4, 0.5) is 0 Å². The smallest absolute Gasteiger partial charge is 0.235 e. The molecule has 0 saturated heterocycles. The molecule has 0 bridgehead atoms. The van der Waals surface area contributed by atoms with Crippen molar-refractivity contribution in [3.05, 3.63) is 152 Å². The Hall–Kier alpha value is -6.06. The molecule has 0 unspecified atom stereocenters. The number of hydrogen-bond donors (Lipinski definition) is 0. The van der Waals surface area contributed by atoms with E-state index in [-0.39, 0.29) is 0 Å². The molecule has 0 radical (unpaired) electrons. The van der Waals surface area contributed by atoms with Crippen LogP contribution in [-0.2, 0) is 0 Å². The third-order valence-electron chi connectivity index (χ3n) is 9.35. The largest absolute Gasteiger partial charge is 0.278 e. The van der Waals surface area contributed by atoms with Gasteiger partial charge in [0.05, 0.1) is 22.2 Å². The van der Waals surface area contributed by atoms with Gasteiger partial charge < -0.3 is 0 Å². The maximum Gasteiger partial charge on any atom is 0.235 e. The van der Waals surface area contributed by atoms with Gasteiger partial charge in [0.1, 0.15) is 0 Å². The van der Waals surface area contributed by atoms with Gasteiger partial charge in [0.25, 0.3) is 0 Å². The average molecular weight is 572 g/mol. The summed E-state index contributed by atoms with van der Waals surface area (Å²) in [5.41, 5.74) is 12.6. The van der Waals surface area contributed by atoms with Gasteiger partial charge in [-0.05, 0) is 68.4 Å². The summed E-state index contributed by atoms with van der Waals surface area (Å²) in [6.45, 7) is 0. The van der Waals surface area contributed by atoms with Gasteiger partial charge in [-0.25, -0.2) is 9.97 Å². The molecule has 3 heteroatoms. The molecule has 0 amide bonds. The molecule has 10 rings (SSSR count). The van der Waals surface area contributed by atoms with Crippen molar-refractivity contribution in [2.75, 3.05) is 0 Å². The van der Waals surface area contributed by atoms with Crippen molar-refractivity contribution in [2.24, 2.45) is 0 Å². The maximum atomic E-state index is 5.31. The molecular weight excluding hydrogens is 546 g/mol. The zero-order chi connectivity index (χ0) is 29.5. The first-order valence-corrected chi connectivity index (χ1v) is 15.4. The van der Waals surface area contributed by atoms with Crippen LogP contribution >= 0.6 is 0 Å². The summed E-state index contributed by atoms with van der Waals surface area (Å²) < 4.78 is 2.26. The highest BCUT2D eigenvalue weighted by Crippen LogP contribution is 2.49.